The SMILES string of the molecule is COc1ccc(C2Nc3ccc(C(=O)N4CCCCCC4)cc3C3C=CCC32)cc1O. The third kappa shape index (κ3) is 3.67. The van der Waals surface area contributed by atoms with Gasteiger partial charge in [-0.2, -0.15) is 0 Å². The number of amides is 1. The lowest BCUT2D eigenvalue weighted by molar-refractivity contribution is 0.0761. The fraction of sp³-hybridized carbons (Fsp3) is 0.423. The molecule has 0 bridgehead atoms. The molecule has 1 aliphatic carbocycles. The smallest absolute Gasteiger partial charge is 0.253 e. The molecule has 0 saturated carbocycles. The minimum absolute atomic E-state index is 0.0939. The van der Waals surface area contributed by atoms with Gasteiger partial charge in [0.1, 0.15) is 0 Å². The number of phenolic OH excluding ortho intramolecular Hbond substituents is 1. The number of carbonyl (C=O) groups excluding carboxylic acids is 1. The van der Waals surface area contributed by atoms with Gasteiger partial charge in [0.05, 0.1) is 13.2 Å². The number of ether oxygens (including phenoxy) is 1. The summed E-state index contributed by atoms with van der Waals surface area (Å²) < 4.78 is 5.20. The number of nitrogens with one attached hydrogen (secondary N) is 1. The molecule has 2 aliphatic heterocycles. The van der Waals surface area contributed by atoms with E-state index in [1.807, 2.05) is 23.1 Å². The number of carbonyl (C=O) groups is 1. The van der Waals surface area contributed by atoms with E-state index in [-0.39, 0.29) is 23.6 Å². The van der Waals surface area contributed by atoms with E-state index in [2.05, 4.69) is 29.6 Å². The molecule has 1 saturated heterocycles. The van der Waals surface area contributed by atoms with E-state index in [0.29, 0.717) is 11.7 Å². The van der Waals surface area contributed by atoms with Crippen molar-refractivity contribution in [3.05, 3.63) is 65.2 Å². The zero-order chi connectivity index (χ0) is 21.4. The van der Waals surface area contributed by atoms with Crippen molar-refractivity contribution in [1.82, 2.24) is 4.90 Å². The van der Waals surface area contributed by atoms with Crippen LogP contribution in [-0.4, -0.2) is 36.1 Å². The highest BCUT2D eigenvalue weighted by atomic mass is 16.5. The second-order valence-electron chi connectivity index (χ2n) is 8.92. The fourth-order valence-electron chi connectivity index (χ4n) is 5.41. The molecule has 3 unspecified atom stereocenters. The highest BCUT2D eigenvalue weighted by Crippen LogP contribution is 2.50. The van der Waals surface area contributed by atoms with E-state index in [1.54, 1.807) is 13.2 Å². The third-order valence-corrected chi connectivity index (χ3v) is 7.07. The lowest BCUT2D eigenvalue weighted by Crippen LogP contribution is -2.33. The van der Waals surface area contributed by atoms with Crippen LogP contribution in [0.1, 0.15) is 65.5 Å². The highest BCUT2D eigenvalue weighted by molar-refractivity contribution is 5.95. The molecule has 2 N–H and O–H groups in total. The largest absolute Gasteiger partial charge is 0.504 e. The Kier molecular flexibility index (Phi) is 5.34. The van der Waals surface area contributed by atoms with Gasteiger partial charge in [-0.3, -0.25) is 4.79 Å². The molecule has 5 nitrogen and oxygen atoms in total. The summed E-state index contributed by atoms with van der Waals surface area (Å²) in [6, 6.07) is 11.9. The Balaban J connectivity index is 1.45. The Labute approximate surface area is 183 Å². The molecule has 31 heavy (non-hydrogen) atoms. The van der Waals surface area contributed by atoms with E-state index in [9.17, 15) is 9.90 Å². The summed E-state index contributed by atoms with van der Waals surface area (Å²) in [4.78, 5) is 15.2. The van der Waals surface area contributed by atoms with Crippen LogP contribution in [0.2, 0.25) is 0 Å². The van der Waals surface area contributed by atoms with Gasteiger partial charge < -0.3 is 20.1 Å². The van der Waals surface area contributed by atoms with Gasteiger partial charge in [0.25, 0.3) is 5.91 Å². The average molecular weight is 419 g/mol. The summed E-state index contributed by atoms with van der Waals surface area (Å²) in [6.45, 7) is 1.73. The summed E-state index contributed by atoms with van der Waals surface area (Å²) in [5.41, 5.74) is 4.11. The number of nitrogens with zero attached hydrogens (tertiary/aromatic N) is 1. The number of hydrogen-bond donors (Lipinski definition) is 2. The zero-order valence-corrected chi connectivity index (χ0v) is 18.0. The Bertz CT molecular complexity index is 1010. The van der Waals surface area contributed by atoms with E-state index in [4.69, 9.17) is 4.74 Å². The topological polar surface area (TPSA) is 61.8 Å². The molecule has 162 valence electrons. The molecule has 2 heterocycles. The quantitative estimate of drug-likeness (QED) is 0.669. The van der Waals surface area contributed by atoms with Crippen molar-refractivity contribution in [3.63, 3.8) is 0 Å². The maximum Gasteiger partial charge on any atom is 0.253 e. The van der Waals surface area contributed by atoms with Crippen molar-refractivity contribution in [2.24, 2.45) is 5.92 Å². The number of hydrogen-bond acceptors (Lipinski definition) is 4. The van der Waals surface area contributed by atoms with Crippen LogP contribution in [-0.2, 0) is 0 Å². The maximum atomic E-state index is 13.2. The van der Waals surface area contributed by atoms with Crippen LogP contribution in [0.25, 0.3) is 0 Å². The van der Waals surface area contributed by atoms with Crippen molar-refractivity contribution >= 4 is 11.6 Å². The van der Waals surface area contributed by atoms with Crippen molar-refractivity contribution in [1.29, 1.82) is 0 Å². The summed E-state index contributed by atoms with van der Waals surface area (Å²) in [5, 5.41) is 14.0. The fourth-order valence-corrected chi connectivity index (χ4v) is 5.41. The van der Waals surface area contributed by atoms with Gasteiger partial charge in [0.15, 0.2) is 11.5 Å². The molecule has 0 radical (unpaired) electrons. The summed E-state index contributed by atoms with van der Waals surface area (Å²) in [7, 11) is 1.56. The molecule has 0 spiro atoms. The first-order chi connectivity index (χ1) is 15.2. The molecule has 5 rings (SSSR count). The molecule has 1 fully saturated rings. The van der Waals surface area contributed by atoms with Crippen LogP contribution in [0, 0.1) is 5.92 Å². The normalized spacial score (nSPS) is 24.7. The van der Waals surface area contributed by atoms with E-state index >= 15 is 0 Å². The lowest BCUT2D eigenvalue weighted by atomic mass is 9.76. The number of methoxy groups -OCH3 is 1. The second-order valence-corrected chi connectivity index (χ2v) is 8.92. The standard InChI is InChI=1S/C26H30N2O3/c1-31-24-12-10-17(16-23(24)29)25-20-8-6-7-19(20)21-15-18(9-11-22(21)27-25)26(30)28-13-4-2-3-5-14-28/h6-7,9-12,15-16,19-20,25,27,29H,2-5,8,13-14H2,1H3. The van der Waals surface area contributed by atoms with Crippen LogP contribution >= 0.6 is 0 Å². The predicted molar refractivity (Wildman–Crippen MR) is 122 cm³/mol. The first kappa shape index (κ1) is 20.0. The molecule has 2 aromatic carbocycles. The molecule has 3 aliphatic rings. The molecule has 3 atom stereocenters. The van der Waals surface area contributed by atoms with Gasteiger partial charge >= 0.3 is 0 Å². The van der Waals surface area contributed by atoms with Crippen LogP contribution in [0.4, 0.5) is 5.69 Å². The molecule has 0 aromatic heterocycles. The number of anilines is 1. The van der Waals surface area contributed by atoms with Gasteiger partial charge in [0.2, 0.25) is 0 Å². The number of phenols is 1. The molecule has 1 amide bonds. The Morgan fingerprint density at radius 3 is 2.65 bits per heavy atom. The van der Waals surface area contributed by atoms with Gasteiger partial charge in [-0.05, 0) is 66.6 Å². The van der Waals surface area contributed by atoms with Crippen molar-refractivity contribution < 1.29 is 14.6 Å². The molecule has 5 heteroatoms. The Morgan fingerprint density at radius 1 is 1.10 bits per heavy atom. The maximum absolute atomic E-state index is 13.2. The van der Waals surface area contributed by atoms with Crippen molar-refractivity contribution in [3.8, 4) is 11.5 Å². The predicted octanol–water partition coefficient (Wildman–Crippen LogP) is 5.24. The minimum Gasteiger partial charge on any atom is -0.504 e. The number of rotatable bonds is 3. The monoisotopic (exact) mass is 418 g/mol. The lowest BCUT2D eigenvalue weighted by Gasteiger charge is -2.38. The number of fused-ring (bicyclic) bond motifs is 3. The van der Waals surface area contributed by atoms with Gasteiger partial charge in [-0.15, -0.1) is 0 Å². The van der Waals surface area contributed by atoms with Gasteiger partial charge in [-0.25, -0.2) is 0 Å². The Morgan fingerprint density at radius 2 is 1.90 bits per heavy atom. The first-order valence-electron chi connectivity index (χ1n) is 11.4. The summed E-state index contributed by atoms with van der Waals surface area (Å²) in [6.07, 6.45) is 10.1. The van der Waals surface area contributed by atoms with E-state index in [1.165, 1.54) is 18.4 Å². The number of allylic oxidation sites excluding steroid dienone is 2. The summed E-state index contributed by atoms with van der Waals surface area (Å²) >= 11 is 0. The second kappa shape index (κ2) is 8.29. The minimum atomic E-state index is 0.0939. The molecular formula is C26H30N2O3. The van der Waals surface area contributed by atoms with Crippen molar-refractivity contribution in [2.45, 2.75) is 44.1 Å². The van der Waals surface area contributed by atoms with Crippen LogP contribution in [0.3, 0.4) is 0 Å². The average Bonchev–Trinajstić information content (AvgIpc) is 3.13. The van der Waals surface area contributed by atoms with Crippen LogP contribution in [0.5, 0.6) is 11.5 Å². The van der Waals surface area contributed by atoms with Gasteiger partial charge in [-0.1, -0.05) is 31.1 Å². The van der Waals surface area contributed by atoms with Crippen LogP contribution in [0.15, 0.2) is 48.6 Å². The number of aromatic hydroxyl groups is 1. The number of likely N-dealkylation sites (tertiary alicyclic amines) is 1. The van der Waals surface area contributed by atoms with E-state index in [0.717, 1.165) is 49.2 Å². The summed E-state index contributed by atoms with van der Waals surface area (Å²) in [5.74, 6) is 1.42. The highest BCUT2D eigenvalue weighted by Gasteiger charge is 2.38. The number of benzene rings is 2. The van der Waals surface area contributed by atoms with E-state index < -0.39 is 0 Å². The first-order valence-corrected chi connectivity index (χ1v) is 11.4. The van der Waals surface area contributed by atoms with Gasteiger partial charge in [0, 0.05) is 30.3 Å². The van der Waals surface area contributed by atoms with Crippen molar-refractivity contribution in [2.75, 3.05) is 25.5 Å². The molecule has 2 aromatic rings. The molecular weight excluding hydrogens is 388 g/mol. The third-order valence-electron chi connectivity index (χ3n) is 7.07. The zero-order valence-electron chi connectivity index (χ0n) is 18.0. The Hall–Kier alpha value is -2.95. The van der Waals surface area contributed by atoms with Crippen LogP contribution < -0.4 is 10.1 Å².